The molecule has 3 nitrogen and oxygen atoms in total. The van der Waals surface area contributed by atoms with E-state index in [1.807, 2.05) is 26.0 Å². The van der Waals surface area contributed by atoms with Crippen molar-refractivity contribution < 1.29 is 22.7 Å². The summed E-state index contributed by atoms with van der Waals surface area (Å²) in [5, 5.41) is 10.8. The van der Waals surface area contributed by atoms with Gasteiger partial charge in [-0.2, -0.15) is 13.2 Å². The first kappa shape index (κ1) is 23.7. The van der Waals surface area contributed by atoms with Crippen LogP contribution < -0.4 is 5.63 Å². The van der Waals surface area contributed by atoms with Crippen LogP contribution in [0.2, 0.25) is 0 Å². The average molecular weight is 461 g/mol. The van der Waals surface area contributed by atoms with Crippen molar-refractivity contribution in [2.24, 2.45) is 0 Å². The van der Waals surface area contributed by atoms with E-state index in [2.05, 4.69) is 6.58 Å². The normalized spacial score (nSPS) is 11.6. The Balaban J connectivity index is 1.84. The van der Waals surface area contributed by atoms with Crippen LogP contribution >= 0.6 is 11.8 Å². The second-order valence-electron chi connectivity index (χ2n) is 7.53. The van der Waals surface area contributed by atoms with Crippen LogP contribution in [0.5, 0.6) is 5.75 Å². The van der Waals surface area contributed by atoms with E-state index >= 15 is 0 Å². The Morgan fingerprint density at radius 2 is 1.75 bits per heavy atom. The standard InChI is InChI=1S/C25H23F3O3S/c1-5-17-13-14(2)12-15(3)21(17)22-23(29)16(4)20(31-24(22)30)10-11-32-19-8-6-18(7-9-19)25(26,27)28/h5-9,12-13,29H,1,10-11H2,2-4H3. The molecular formula is C25H23F3O3S. The van der Waals surface area contributed by atoms with Crippen molar-refractivity contribution in [2.45, 2.75) is 38.3 Å². The molecule has 0 aliphatic heterocycles. The van der Waals surface area contributed by atoms with Crippen LogP contribution in [0.3, 0.4) is 0 Å². The number of aryl methyl sites for hydroxylation is 3. The molecule has 3 rings (SSSR count). The zero-order valence-corrected chi connectivity index (χ0v) is 18.8. The summed E-state index contributed by atoms with van der Waals surface area (Å²) in [5.41, 5.74) is 2.38. The third-order valence-corrected chi connectivity index (χ3v) is 6.20. The Kier molecular flexibility index (Phi) is 6.88. The van der Waals surface area contributed by atoms with Crippen molar-refractivity contribution in [3.8, 4) is 16.9 Å². The van der Waals surface area contributed by atoms with Gasteiger partial charge in [-0.15, -0.1) is 11.8 Å². The highest BCUT2D eigenvalue weighted by molar-refractivity contribution is 7.99. The molecule has 0 saturated carbocycles. The average Bonchev–Trinajstić information content (AvgIpc) is 2.72. The maximum absolute atomic E-state index is 12.8. The van der Waals surface area contributed by atoms with E-state index in [4.69, 9.17) is 4.42 Å². The molecule has 0 unspecified atom stereocenters. The van der Waals surface area contributed by atoms with E-state index in [9.17, 15) is 23.1 Å². The summed E-state index contributed by atoms with van der Waals surface area (Å²) in [7, 11) is 0. The maximum atomic E-state index is 12.8. The van der Waals surface area contributed by atoms with Crippen molar-refractivity contribution >= 4 is 17.8 Å². The topological polar surface area (TPSA) is 50.4 Å². The van der Waals surface area contributed by atoms with E-state index in [1.165, 1.54) is 23.9 Å². The zero-order chi connectivity index (χ0) is 23.6. The van der Waals surface area contributed by atoms with Gasteiger partial charge in [0.1, 0.15) is 17.1 Å². The fourth-order valence-corrected chi connectivity index (χ4v) is 4.47. The third kappa shape index (κ3) is 4.93. The second kappa shape index (κ2) is 9.28. The first-order valence-corrected chi connectivity index (χ1v) is 10.9. The molecular weight excluding hydrogens is 437 g/mol. The first-order chi connectivity index (χ1) is 15.0. The molecule has 0 amide bonds. The Hall–Kier alpha value is -2.93. The van der Waals surface area contributed by atoms with Gasteiger partial charge in [-0.1, -0.05) is 30.4 Å². The highest BCUT2D eigenvalue weighted by Gasteiger charge is 2.30. The molecule has 0 aliphatic rings. The van der Waals surface area contributed by atoms with Crippen LogP contribution in [0.15, 0.2) is 57.1 Å². The van der Waals surface area contributed by atoms with E-state index in [-0.39, 0.29) is 11.3 Å². The van der Waals surface area contributed by atoms with E-state index in [0.717, 1.165) is 28.8 Å². The SMILES string of the molecule is C=Cc1cc(C)cc(C)c1-c1c(O)c(C)c(CCSc2ccc(C(F)(F)F)cc2)oc1=O. The van der Waals surface area contributed by atoms with E-state index in [0.29, 0.717) is 34.0 Å². The molecule has 0 fully saturated rings. The number of benzene rings is 2. The monoisotopic (exact) mass is 460 g/mol. The summed E-state index contributed by atoms with van der Waals surface area (Å²) >= 11 is 1.34. The lowest BCUT2D eigenvalue weighted by Crippen LogP contribution is -2.10. The number of hydrogen-bond acceptors (Lipinski definition) is 4. The smallest absolute Gasteiger partial charge is 0.416 e. The zero-order valence-electron chi connectivity index (χ0n) is 18.0. The fourth-order valence-electron chi connectivity index (χ4n) is 3.62. The van der Waals surface area contributed by atoms with Crippen molar-refractivity contribution in [3.05, 3.63) is 87.0 Å². The quantitative estimate of drug-likeness (QED) is 0.405. The lowest BCUT2D eigenvalue weighted by Gasteiger charge is -2.15. The predicted octanol–water partition coefficient (Wildman–Crippen LogP) is 6.93. The number of halogens is 3. The van der Waals surface area contributed by atoms with Gasteiger partial charge in [0.25, 0.3) is 0 Å². The van der Waals surface area contributed by atoms with Crippen molar-refractivity contribution in [3.63, 3.8) is 0 Å². The summed E-state index contributed by atoms with van der Waals surface area (Å²) in [4.78, 5) is 13.5. The lowest BCUT2D eigenvalue weighted by atomic mass is 9.92. The molecule has 0 aliphatic carbocycles. The van der Waals surface area contributed by atoms with Gasteiger partial charge in [-0.05, 0) is 56.2 Å². The third-order valence-electron chi connectivity index (χ3n) is 5.19. The summed E-state index contributed by atoms with van der Waals surface area (Å²) in [6.07, 6.45) is -2.40. The van der Waals surface area contributed by atoms with Gasteiger partial charge in [0.2, 0.25) is 0 Å². The van der Waals surface area contributed by atoms with Gasteiger partial charge >= 0.3 is 11.8 Å². The minimum absolute atomic E-state index is 0.106. The van der Waals surface area contributed by atoms with Gasteiger partial charge in [0.15, 0.2) is 0 Å². The Bertz CT molecular complexity index is 1210. The number of thioether (sulfide) groups is 1. The Morgan fingerprint density at radius 3 is 2.34 bits per heavy atom. The van der Waals surface area contributed by atoms with Gasteiger partial charge in [0, 0.05) is 28.2 Å². The summed E-state index contributed by atoms with van der Waals surface area (Å²) < 4.78 is 43.6. The van der Waals surface area contributed by atoms with E-state index in [1.54, 1.807) is 13.0 Å². The first-order valence-electron chi connectivity index (χ1n) is 9.92. The van der Waals surface area contributed by atoms with Gasteiger partial charge in [-0.25, -0.2) is 4.79 Å². The van der Waals surface area contributed by atoms with Crippen LogP contribution in [-0.4, -0.2) is 10.9 Å². The van der Waals surface area contributed by atoms with Crippen LogP contribution in [-0.2, 0) is 12.6 Å². The lowest BCUT2D eigenvalue weighted by molar-refractivity contribution is -0.137. The molecule has 0 radical (unpaired) electrons. The number of alkyl halides is 3. The van der Waals surface area contributed by atoms with Gasteiger partial charge in [0.05, 0.1) is 5.56 Å². The van der Waals surface area contributed by atoms with Crippen molar-refractivity contribution in [1.82, 2.24) is 0 Å². The maximum Gasteiger partial charge on any atom is 0.416 e. The molecule has 32 heavy (non-hydrogen) atoms. The molecule has 0 bridgehead atoms. The molecule has 1 aromatic heterocycles. The highest BCUT2D eigenvalue weighted by Crippen LogP contribution is 2.36. The van der Waals surface area contributed by atoms with Crippen LogP contribution in [0.1, 0.15) is 33.6 Å². The van der Waals surface area contributed by atoms with Crippen LogP contribution in [0.25, 0.3) is 17.2 Å². The molecule has 2 aromatic carbocycles. The molecule has 0 atom stereocenters. The second-order valence-corrected chi connectivity index (χ2v) is 8.70. The molecule has 7 heteroatoms. The Morgan fingerprint density at radius 1 is 1.09 bits per heavy atom. The minimum Gasteiger partial charge on any atom is -0.507 e. The fraction of sp³-hybridized carbons (Fsp3) is 0.240. The van der Waals surface area contributed by atoms with Crippen LogP contribution in [0, 0.1) is 20.8 Å². The largest absolute Gasteiger partial charge is 0.507 e. The predicted molar refractivity (Wildman–Crippen MR) is 122 cm³/mol. The molecule has 0 saturated heterocycles. The van der Waals surface area contributed by atoms with Crippen LogP contribution in [0.4, 0.5) is 13.2 Å². The Labute approximate surface area is 188 Å². The minimum atomic E-state index is -4.37. The molecule has 1 heterocycles. The van der Waals surface area contributed by atoms with E-state index < -0.39 is 17.4 Å². The van der Waals surface area contributed by atoms with Gasteiger partial charge < -0.3 is 9.52 Å². The molecule has 1 N–H and O–H groups in total. The van der Waals surface area contributed by atoms with Gasteiger partial charge in [-0.3, -0.25) is 0 Å². The van der Waals surface area contributed by atoms with Crippen molar-refractivity contribution in [1.29, 1.82) is 0 Å². The summed E-state index contributed by atoms with van der Waals surface area (Å²) in [6, 6.07) is 8.70. The number of aromatic hydroxyl groups is 1. The molecule has 0 spiro atoms. The molecule has 3 aromatic rings. The summed E-state index contributed by atoms with van der Waals surface area (Å²) in [5.74, 6) is 0.682. The summed E-state index contributed by atoms with van der Waals surface area (Å²) in [6.45, 7) is 9.28. The number of hydrogen-bond donors (Lipinski definition) is 1. The molecule has 168 valence electrons. The van der Waals surface area contributed by atoms with Crippen molar-refractivity contribution in [2.75, 3.05) is 5.75 Å². The highest BCUT2D eigenvalue weighted by atomic mass is 32.2. The number of rotatable bonds is 6.